The van der Waals surface area contributed by atoms with Crippen molar-refractivity contribution in [3.05, 3.63) is 60.8 Å². The molecule has 0 aromatic rings. The van der Waals surface area contributed by atoms with Crippen LogP contribution in [-0.2, 0) is 28.6 Å². The molecule has 82 heavy (non-hydrogen) atoms. The maximum atomic E-state index is 12.9. The van der Waals surface area contributed by atoms with Gasteiger partial charge < -0.3 is 14.2 Å². The number of carbonyl (C=O) groups excluding carboxylic acids is 3. The Morgan fingerprint density at radius 2 is 0.476 bits per heavy atom. The highest BCUT2D eigenvalue weighted by atomic mass is 16.6. The normalized spacial score (nSPS) is 12.4. The van der Waals surface area contributed by atoms with Crippen molar-refractivity contribution in [2.24, 2.45) is 0 Å². The zero-order valence-corrected chi connectivity index (χ0v) is 55.0. The van der Waals surface area contributed by atoms with E-state index in [1.807, 2.05) is 0 Å². The number of carbonyl (C=O) groups is 3. The minimum absolute atomic E-state index is 0.0662. The smallest absolute Gasteiger partial charge is 0.306 e. The molecule has 0 N–H and O–H groups in total. The molecule has 0 radical (unpaired) electrons. The summed E-state index contributed by atoms with van der Waals surface area (Å²) in [5.41, 5.74) is 0. The van der Waals surface area contributed by atoms with Crippen LogP contribution in [0.5, 0.6) is 0 Å². The third kappa shape index (κ3) is 67.9. The Bertz CT molecular complexity index is 1460. The lowest BCUT2D eigenvalue weighted by Gasteiger charge is -2.18. The van der Waals surface area contributed by atoms with E-state index in [-0.39, 0.29) is 31.1 Å². The summed E-state index contributed by atoms with van der Waals surface area (Å²) in [6, 6.07) is 0. The molecule has 0 aromatic carbocycles. The number of unbranched alkanes of at least 4 members (excludes halogenated alkanes) is 46. The van der Waals surface area contributed by atoms with Crippen molar-refractivity contribution in [2.45, 2.75) is 393 Å². The third-order valence-electron chi connectivity index (χ3n) is 16.3. The quantitative estimate of drug-likeness (QED) is 0.0261. The second-order valence-electron chi connectivity index (χ2n) is 24.5. The van der Waals surface area contributed by atoms with Gasteiger partial charge in [0.1, 0.15) is 13.2 Å². The highest BCUT2D eigenvalue weighted by molar-refractivity contribution is 5.71. The molecule has 6 heteroatoms. The maximum absolute atomic E-state index is 12.9. The summed E-state index contributed by atoms with van der Waals surface area (Å²) in [4.78, 5) is 38.2. The van der Waals surface area contributed by atoms with Crippen LogP contribution in [0.4, 0.5) is 0 Å². The molecule has 1 atom stereocenters. The zero-order chi connectivity index (χ0) is 59.2. The second-order valence-corrected chi connectivity index (χ2v) is 24.5. The van der Waals surface area contributed by atoms with Gasteiger partial charge in [-0.05, 0) is 64.2 Å². The van der Waals surface area contributed by atoms with Crippen molar-refractivity contribution in [2.75, 3.05) is 13.2 Å². The fourth-order valence-corrected chi connectivity index (χ4v) is 10.9. The summed E-state index contributed by atoms with van der Waals surface area (Å²) in [7, 11) is 0. The lowest BCUT2D eigenvalue weighted by atomic mass is 10.0. The molecule has 0 saturated carbocycles. The maximum Gasteiger partial charge on any atom is 0.306 e. The monoisotopic (exact) mass is 1150 g/mol. The average Bonchev–Trinajstić information content (AvgIpc) is 3.47. The molecule has 0 rings (SSSR count). The van der Waals surface area contributed by atoms with E-state index >= 15 is 0 Å². The van der Waals surface area contributed by atoms with E-state index in [0.717, 1.165) is 89.9 Å². The van der Waals surface area contributed by atoms with E-state index in [4.69, 9.17) is 14.2 Å². The Kier molecular flexibility index (Phi) is 68.1. The first-order valence-electron chi connectivity index (χ1n) is 36.3. The summed E-state index contributed by atoms with van der Waals surface area (Å²) in [5.74, 6) is -0.843. The third-order valence-corrected chi connectivity index (χ3v) is 16.3. The molecule has 6 nitrogen and oxygen atoms in total. The average molecular weight is 1150 g/mol. The largest absolute Gasteiger partial charge is 0.462 e. The van der Waals surface area contributed by atoms with Gasteiger partial charge in [0.05, 0.1) is 0 Å². The van der Waals surface area contributed by atoms with Gasteiger partial charge >= 0.3 is 17.9 Å². The molecule has 0 aliphatic rings. The molecule has 0 amide bonds. The van der Waals surface area contributed by atoms with E-state index in [1.54, 1.807) is 0 Å². The SMILES string of the molecule is CC/C=C\C/C=C\C/C=C\C/C=C\C/C=C\CCCCCCCCCCCCCCCCCCCCCC(=O)OCC(COC(=O)CCCCCCCCCC)OC(=O)CCCCCCCCCCCCCCCCCCCCCCC. The molecule has 1 unspecified atom stereocenters. The van der Waals surface area contributed by atoms with Crippen LogP contribution in [0.15, 0.2) is 60.8 Å². The predicted molar refractivity (Wildman–Crippen MR) is 358 cm³/mol. The summed E-state index contributed by atoms with van der Waals surface area (Å²) >= 11 is 0. The Morgan fingerprint density at radius 1 is 0.256 bits per heavy atom. The first kappa shape index (κ1) is 79.1. The predicted octanol–water partition coefficient (Wildman–Crippen LogP) is 25.1. The fourth-order valence-electron chi connectivity index (χ4n) is 10.9. The Balaban J connectivity index is 4.00. The van der Waals surface area contributed by atoms with Crippen LogP contribution >= 0.6 is 0 Å². The molecule has 0 aromatic heterocycles. The molecule has 0 aliphatic carbocycles. The second kappa shape index (κ2) is 70.6. The van der Waals surface area contributed by atoms with Crippen molar-refractivity contribution < 1.29 is 28.6 Å². The number of hydrogen-bond donors (Lipinski definition) is 0. The van der Waals surface area contributed by atoms with Crippen LogP contribution in [0.25, 0.3) is 0 Å². The van der Waals surface area contributed by atoms with Crippen molar-refractivity contribution in [3.8, 4) is 0 Å². The van der Waals surface area contributed by atoms with Gasteiger partial charge in [-0.15, -0.1) is 0 Å². The molecule has 0 saturated heterocycles. The Hall–Kier alpha value is -2.89. The summed E-state index contributed by atoms with van der Waals surface area (Å²) in [5, 5.41) is 0. The molecular weight excluding hydrogens is 1010 g/mol. The number of esters is 3. The summed E-state index contributed by atoms with van der Waals surface area (Å²) in [6.45, 7) is 6.56. The van der Waals surface area contributed by atoms with Crippen molar-refractivity contribution in [3.63, 3.8) is 0 Å². The number of hydrogen-bond acceptors (Lipinski definition) is 6. The lowest BCUT2D eigenvalue weighted by Crippen LogP contribution is -2.30. The topological polar surface area (TPSA) is 78.9 Å². The van der Waals surface area contributed by atoms with Crippen LogP contribution in [0.3, 0.4) is 0 Å². The van der Waals surface area contributed by atoms with Crippen molar-refractivity contribution >= 4 is 17.9 Å². The van der Waals surface area contributed by atoms with Gasteiger partial charge in [0.15, 0.2) is 6.10 Å². The van der Waals surface area contributed by atoms with Crippen LogP contribution in [0.2, 0.25) is 0 Å². The van der Waals surface area contributed by atoms with E-state index in [0.29, 0.717) is 19.3 Å². The Morgan fingerprint density at radius 3 is 0.744 bits per heavy atom. The van der Waals surface area contributed by atoms with Gasteiger partial charge in [-0.1, -0.05) is 364 Å². The van der Waals surface area contributed by atoms with Crippen LogP contribution in [0.1, 0.15) is 387 Å². The number of ether oxygens (including phenoxy) is 3. The number of rotatable bonds is 67. The van der Waals surface area contributed by atoms with Crippen LogP contribution < -0.4 is 0 Å². The molecule has 0 fully saturated rings. The highest BCUT2D eigenvalue weighted by Gasteiger charge is 2.19. The summed E-state index contributed by atoms with van der Waals surface area (Å²) in [6.07, 6.45) is 91.4. The molecule has 0 bridgehead atoms. The van der Waals surface area contributed by atoms with Gasteiger partial charge in [-0.3, -0.25) is 14.4 Å². The summed E-state index contributed by atoms with van der Waals surface area (Å²) < 4.78 is 16.9. The molecule has 0 heterocycles. The van der Waals surface area contributed by atoms with Gasteiger partial charge in [-0.25, -0.2) is 0 Å². The van der Waals surface area contributed by atoms with Gasteiger partial charge in [0, 0.05) is 19.3 Å². The van der Waals surface area contributed by atoms with E-state index < -0.39 is 6.10 Å². The fraction of sp³-hybridized carbons (Fsp3) is 0.829. The van der Waals surface area contributed by atoms with E-state index in [1.165, 1.54) is 257 Å². The van der Waals surface area contributed by atoms with Gasteiger partial charge in [-0.2, -0.15) is 0 Å². The van der Waals surface area contributed by atoms with Gasteiger partial charge in [0.2, 0.25) is 0 Å². The molecule has 478 valence electrons. The van der Waals surface area contributed by atoms with Crippen molar-refractivity contribution in [1.82, 2.24) is 0 Å². The van der Waals surface area contributed by atoms with Crippen LogP contribution in [-0.4, -0.2) is 37.2 Å². The lowest BCUT2D eigenvalue weighted by molar-refractivity contribution is -0.167. The molecular formula is C76H138O6. The molecule has 0 aliphatic heterocycles. The standard InChI is InChI=1S/C76H138O6/c1-4-7-10-13-16-19-21-23-25-27-29-31-32-33-34-35-36-37-38-39-40-41-42-43-44-46-47-49-51-53-55-57-60-63-66-69-75(78)81-72-73(71-80-74(77)68-65-62-59-18-15-12-9-6-3)82-76(79)70-67-64-61-58-56-54-52-50-48-45-30-28-26-24-22-20-17-14-11-8-5-2/h7,10,16,19,23,25,29,31,33-34,73H,4-6,8-9,11-15,17-18,20-22,24,26-28,30,32,35-72H2,1-3H3/b10-7-,19-16-,25-23-,31-29-,34-33-. The van der Waals surface area contributed by atoms with Gasteiger partial charge in [0.25, 0.3) is 0 Å². The minimum Gasteiger partial charge on any atom is -0.462 e. The van der Waals surface area contributed by atoms with E-state index in [2.05, 4.69) is 81.5 Å². The first-order chi connectivity index (χ1) is 40.5. The first-order valence-corrected chi connectivity index (χ1v) is 36.3. The number of allylic oxidation sites excluding steroid dienone is 10. The zero-order valence-electron chi connectivity index (χ0n) is 55.0. The Labute approximate surface area is 510 Å². The highest BCUT2D eigenvalue weighted by Crippen LogP contribution is 2.19. The van der Waals surface area contributed by atoms with E-state index in [9.17, 15) is 14.4 Å². The minimum atomic E-state index is -0.767. The van der Waals surface area contributed by atoms with Crippen molar-refractivity contribution in [1.29, 1.82) is 0 Å². The molecule has 0 spiro atoms. The van der Waals surface area contributed by atoms with Crippen LogP contribution in [0, 0.1) is 0 Å².